The van der Waals surface area contributed by atoms with Crippen LogP contribution < -0.4 is 0 Å². The first-order valence-corrected chi connectivity index (χ1v) is 10.4. The number of hydrogen-bond acceptors (Lipinski definition) is 5. The van der Waals surface area contributed by atoms with Gasteiger partial charge in [-0.2, -0.15) is 22.5 Å². The zero-order valence-corrected chi connectivity index (χ0v) is 16.1. The second-order valence-electron chi connectivity index (χ2n) is 6.76. The number of nitrogens with zero attached hydrogens (tertiary/aromatic N) is 3. The van der Waals surface area contributed by atoms with Gasteiger partial charge in [-0.15, -0.1) is 0 Å². The van der Waals surface area contributed by atoms with Crippen LogP contribution in [-0.2, 0) is 16.2 Å². The van der Waals surface area contributed by atoms with Crippen LogP contribution in [0, 0.1) is 5.82 Å². The third-order valence-corrected chi connectivity index (χ3v) is 6.71. The molecular weight excluding hydrogens is 426 g/mol. The van der Waals surface area contributed by atoms with Gasteiger partial charge in [0.2, 0.25) is 21.7 Å². The molecular formula is C19H15F4N3O3S. The second kappa shape index (κ2) is 7.47. The van der Waals surface area contributed by atoms with Crippen LogP contribution in [-0.4, -0.2) is 29.4 Å². The molecule has 11 heteroatoms. The number of sulfonamides is 1. The average Bonchev–Trinajstić information content (AvgIpc) is 3.38. The molecule has 4 rings (SSSR count). The molecule has 0 spiro atoms. The molecule has 1 unspecified atom stereocenters. The van der Waals surface area contributed by atoms with E-state index in [-0.39, 0.29) is 18.3 Å². The first-order chi connectivity index (χ1) is 14.2. The van der Waals surface area contributed by atoms with Crippen LogP contribution in [0.4, 0.5) is 17.6 Å². The van der Waals surface area contributed by atoms with Gasteiger partial charge in [-0.1, -0.05) is 11.2 Å². The zero-order valence-electron chi connectivity index (χ0n) is 15.3. The van der Waals surface area contributed by atoms with Crippen molar-refractivity contribution in [1.82, 2.24) is 14.4 Å². The van der Waals surface area contributed by atoms with Crippen LogP contribution in [0.1, 0.15) is 30.3 Å². The van der Waals surface area contributed by atoms with Crippen molar-refractivity contribution < 1.29 is 30.5 Å². The van der Waals surface area contributed by atoms with Gasteiger partial charge < -0.3 is 4.52 Å². The highest BCUT2D eigenvalue weighted by molar-refractivity contribution is 7.89. The fourth-order valence-electron chi connectivity index (χ4n) is 3.33. The molecule has 1 aliphatic heterocycles. The maximum atomic E-state index is 13.1. The predicted molar refractivity (Wildman–Crippen MR) is 97.0 cm³/mol. The summed E-state index contributed by atoms with van der Waals surface area (Å²) in [5.41, 5.74) is -0.563. The molecule has 2 aromatic carbocycles. The number of rotatable bonds is 4. The van der Waals surface area contributed by atoms with Crippen molar-refractivity contribution >= 4 is 10.0 Å². The minimum Gasteiger partial charge on any atom is -0.337 e. The summed E-state index contributed by atoms with van der Waals surface area (Å²) in [7, 11) is -4.22. The van der Waals surface area contributed by atoms with E-state index in [1.165, 1.54) is 24.3 Å². The second-order valence-corrected chi connectivity index (χ2v) is 8.65. The van der Waals surface area contributed by atoms with Crippen molar-refractivity contribution in [3.8, 4) is 11.4 Å². The molecule has 0 amide bonds. The summed E-state index contributed by atoms with van der Waals surface area (Å²) in [6.45, 7) is 0.109. The Kier molecular flexibility index (Phi) is 5.10. The monoisotopic (exact) mass is 441 g/mol. The largest absolute Gasteiger partial charge is 0.416 e. The molecule has 1 aromatic heterocycles. The fourth-order valence-corrected chi connectivity index (χ4v) is 5.03. The highest BCUT2D eigenvalue weighted by Crippen LogP contribution is 2.38. The molecule has 0 aliphatic carbocycles. The van der Waals surface area contributed by atoms with Crippen molar-refractivity contribution in [2.45, 2.75) is 30.0 Å². The third-order valence-electron chi connectivity index (χ3n) is 4.80. The predicted octanol–water partition coefficient (Wildman–Crippen LogP) is 4.42. The van der Waals surface area contributed by atoms with Crippen molar-refractivity contribution in [3.05, 3.63) is 65.8 Å². The lowest BCUT2D eigenvalue weighted by molar-refractivity contribution is -0.137. The first kappa shape index (κ1) is 20.5. The molecule has 0 radical (unpaired) electrons. The van der Waals surface area contributed by atoms with Gasteiger partial charge in [0.15, 0.2) is 0 Å². The summed E-state index contributed by atoms with van der Waals surface area (Å²) in [6.07, 6.45) is -3.80. The van der Waals surface area contributed by atoms with E-state index in [1.54, 1.807) is 0 Å². The van der Waals surface area contributed by atoms with Crippen molar-refractivity contribution in [3.63, 3.8) is 0 Å². The highest BCUT2D eigenvalue weighted by atomic mass is 32.2. The van der Waals surface area contributed by atoms with Crippen molar-refractivity contribution in [2.75, 3.05) is 6.54 Å². The Balaban J connectivity index is 1.65. The molecule has 1 saturated heterocycles. The molecule has 1 atom stereocenters. The van der Waals surface area contributed by atoms with Crippen LogP contribution in [0.3, 0.4) is 0 Å². The van der Waals surface area contributed by atoms with E-state index in [1.807, 2.05) is 0 Å². The quantitative estimate of drug-likeness (QED) is 0.561. The van der Waals surface area contributed by atoms with E-state index in [0.717, 1.165) is 22.5 Å². The Labute approximate surface area is 169 Å². The third kappa shape index (κ3) is 3.82. The lowest BCUT2D eigenvalue weighted by atomic mass is 10.2. The van der Waals surface area contributed by atoms with Gasteiger partial charge in [0.1, 0.15) is 11.9 Å². The van der Waals surface area contributed by atoms with Crippen LogP contribution in [0.2, 0.25) is 0 Å². The Morgan fingerprint density at radius 3 is 2.53 bits per heavy atom. The van der Waals surface area contributed by atoms with Crippen LogP contribution in [0.25, 0.3) is 11.4 Å². The summed E-state index contributed by atoms with van der Waals surface area (Å²) in [5, 5.41) is 3.82. The standard InChI is InChI=1S/C19H15F4N3O3S/c20-14-8-6-12(7-9-14)17-24-18(29-25-17)16-5-2-10-26(16)30(27,28)15-4-1-3-13(11-15)19(21,22)23/h1,3-4,6-9,11,16H,2,5,10H2. The normalized spacial score (nSPS) is 18.1. The Morgan fingerprint density at radius 1 is 1.10 bits per heavy atom. The molecule has 3 aromatic rings. The van der Waals surface area contributed by atoms with Crippen LogP contribution in [0.5, 0.6) is 0 Å². The lowest BCUT2D eigenvalue weighted by Crippen LogP contribution is -2.31. The van der Waals surface area contributed by atoms with E-state index in [2.05, 4.69) is 10.1 Å². The van der Waals surface area contributed by atoms with E-state index in [0.29, 0.717) is 24.5 Å². The maximum absolute atomic E-state index is 13.1. The summed E-state index contributed by atoms with van der Waals surface area (Å²) in [5.74, 6) is -0.243. The Morgan fingerprint density at radius 2 is 1.83 bits per heavy atom. The minimum absolute atomic E-state index is 0.0300. The summed E-state index contributed by atoms with van der Waals surface area (Å²) in [4.78, 5) is 3.76. The van der Waals surface area contributed by atoms with E-state index in [4.69, 9.17) is 4.52 Å². The van der Waals surface area contributed by atoms with E-state index >= 15 is 0 Å². The van der Waals surface area contributed by atoms with Gasteiger partial charge in [-0.25, -0.2) is 12.8 Å². The molecule has 0 saturated carbocycles. The number of hydrogen-bond donors (Lipinski definition) is 0. The SMILES string of the molecule is O=S(=O)(c1cccc(C(F)(F)F)c1)N1CCCC1c1nc(-c2ccc(F)cc2)no1. The van der Waals surface area contributed by atoms with Crippen molar-refractivity contribution in [2.24, 2.45) is 0 Å². The summed E-state index contributed by atoms with van der Waals surface area (Å²) < 4.78 is 84.5. The zero-order chi connectivity index (χ0) is 21.5. The molecule has 158 valence electrons. The summed E-state index contributed by atoms with van der Waals surface area (Å²) >= 11 is 0. The highest BCUT2D eigenvalue weighted by Gasteiger charge is 2.40. The first-order valence-electron chi connectivity index (χ1n) is 8.95. The molecule has 30 heavy (non-hydrogen) atoms. The fraction of sp³-hybridized carbons (Fsp3) is 0.263. The smallest absolute Gasteiger partial charge is 0.337 e. The van der Waals surface area contributed by atoms with Gasteiger partial charge in [0.25, 0.3) is 0 Å². The molecule has 0 bridgehead atoms. The maximum Gasteiger partial charge on any atom is 0.416 e. The molecule has 2 heterocycles. The number of alkyl halides is 3. The van der Waals surface area contributed by atoms with Crippen molar-refractivity contribution in [1.29, 1.82) is 0 Å². The number of aromatic nitrogens is 2. The minimum atomic E-state index is -4.66. The van der Waals surface area contributed by atoms with Gasteiger partial charge in [-0.05, 0) is 55.3 Å². The summed E-state index contributed by atoms with van der Waals surface area (Å²) in [6, 6.07) is 8.17. The van der Waals surface area contributed by atoms with Crippen LogP contribution >= 0.6 is 0 Å². The Bertz CT molecular complexity index is 1160. The molecule has 1 fully saturated rings. The van der Waals surface area contributed by atoms with Crippen LogP contribution in [0.15, 0.2) is 57.9 Å². The number of benzene rings is 2. The Hall–Kier alpha value is -2.79. The average molecular weight is 441 g/mol. The molecule has 6 nitrogen and oxygen atoms in total. The number of halogens is 4. The van der Waals surface area contributed by atoms with E-state index < -0.39 is 38.5 Å². The topological polar surface area (TPSA) is 76.3 Å². The van der Waals surface area contributed by atoms with Gasteiger partial charge >= 0.3 is 6.18 Å². The van der Waals surface area contributed by atoms with E-state index in [9.17, 15) is 26.0 Å². The lowest BCUT2D eigenvalue weighted by Gasteiger charge is -2.21. The van der Waals surface area contributed by atoms with Gasteiger partial charge in [0, 0.05) is 12.1 Å². The van der Waals surface area contributed by atoms with Gasteiger partial charge in [0.05, 0.1) is 10.5 Å². The molecule has 0 N–H and O–H groups in total. The molecule has 1 aliphatic rings. The van der Waals surface area contributed by atoms with Gasteiger partial charge in [-0.3, -0.25) is 0 Å².